The van der Waals surface area contributed by atoms with E-state index in [0.29, 0.717) is 6.10 Å². The standard InChI is InChI=1S/C6H12O.C6H12/c1-2-3-4-6-5-7-6;1-3-5-6-4-2/h6H,2-5H2,1H3;3H,1,4-6H2,2H3. The Hall–Kier alpha value is -0.300. The summed E-state index contributed by atoms with van der Waals surface area (Å²) < 4.78 is 5.01. The minimum atomic E-state index is 0.653. The van der Waals surface area contributed by atoms with Crippen molar-refractivity contribution in [3.05, 3.63) is 12.7 Å². The molecule has 1 unspecified atom stereocenters. The molecule has 1 aliphatic rings. The van der Waals surface area contributed by atoms with Crippen LogP contribution < -0.4 is 0 Å². The molecule has 0 aliphatic carbocycles. The van der Waals surface area contributed by atoms with E-state index in [4.69, 9.17) is 4.74 Å². The summed E-state index contributed by atoms with van der Waals surface area (Å²) in [5.74, 6) is 0. The number of allylic oxidation sites excluding steroid dienone is 1. The lowest BCUT2D eigenvalue weighted by Gasteiger charge is -1.86. The molecule has 0 aromatic carbocycles. The molecule has 0 spiro atoms. The van der Waals surface area contributed by atoms with Gasteiger partial charge in [0.05, 0.1) is 12.7 Å². The lowest BCUT2D eigenvalue weighted by molar-refractivity contribution is 0.391. The van der Waals surface area contributed by atoms with Gasteiger partial charge in [-0.25, -0.2) is 0 Å². The topological polar surface area (TPSA) is 12.5 Å². The molecule has 0 N–H and O–H groups in total. The molecule has 13 heavy (non-hydrogen) atoms. The van der Waals surface area contributed by atoms with Crippen LogP contribution in [0.25, 0.3) is 0 Å². The van der Waals surface area contributed by atoms with E-state index in [0.717, 1.165) is 6.61 Å². The van der Waals surface area contributed by atoms with Crippen LogP contribution in [-0.2, 0) is 4.74 Å². The summed E-state index contributed by atoms with van der Waals surface area (Å²) in [5, 5.41) is 0. The van der Waals surface area contributed by atoms with E-state index in [1.54, 1.807) is 0 Å². The van der Waals surface area contributed by atoms with Crippen LogP contribution in [0.15, 0.2) is 12.7 Å². The van der Waals surface area contributed by atoms with Crippen molar-refractivity contribution < 1.29 is 4.74 Å². The number of hydrogen-bond acceptors (Lipinski definition) is 1. The predicted molar refractivity (Wildman–Crippen MR) is 59.0 cm³/mol. The third kappa shape index (κ3) is 11.7. The Balaban J connectivity index is 0.000000226. The van der Waals surface area contributed by atoms with Crippen LogP contribution in [0.4, 0.5) is 0 Å². The van der Waals surface area contributed by atoms with E-state index >= 15 is 0 Å². The van der Waals surface area contributed by atoms with Gasteiger partial charge in [-0.3, -0.25) is 0 Å². The zero-order chi connectivity index (χ0) is 9.94. The van der Waals surface area contributed by atoms with Gasteiger partial charge < -0.3 is 4.74 Å². The highest BCUT2D eigenvalue weighted by Gasteiger charge is 2.20. The largest absolute Gasteiger partial charge is 0.373 e. The van der Waals surface area contributed by atoms with Crippen molar-refractivity contribution in [2.45, 2.75) is 58.5 Å². The molecule has 1 nitrogen and oxygen atoms in total. The third-order valence-electron chi connectivity index (χ3n) is 2.04. The number of hydrogen-bond donors (Lipinski definition) is 0. The van der Waals surface area contributed by atoms with Gasteiger partial charge in [-0.2, -0.15) is 0 Å². The van der Waals surface area contributed by atoms with Crippen LogP contribution in [0.3, 0.4) is 0 Å². The van der Waals surface area contributed by atoms with Crippen molar-refractivity contribution in [3.8, 4) is 0 Å². The second kappa shape index (κ2) is 9.79. The Morgan fingerprint density at radius 2 is 1.92 bits per heavy atom. The van der Waals surface area contributed by atoms with Crippen LogP contribution in [0.1, 0.15) is 52.4 Å². The second-order valence-corrected chi connectivity index (χ2v) is 3.53. The van der Waals surface area contributed by atoms with Gasteiger partial charge in [0.15, 0.2) is 0 Å². The van der Waals surface area contributed by atoms with Gasteiger partial charge in [-0.1, -0.05) is 45.6 Å². The van der Waals surface area contributed by atoms with Crippen molar-refractivity contribution in [2.24, 2.45) is 0 Å². The van der Waals surface area contributed by atoms with Gasteiger partial charge in [-0.05, 0) is 12.8 Å². The Bertz CT molecular complexity index is 106. The molecular formula is C12H24O. The molecule has 0 amide bonds. The first-order chi connectivity index (χ1) is 6.35. The van der Waals surface area contributed by atoms with E-state index in [1.807, 2.05) is 6.08 Å². The molecule has 0 aromatic rings. The number of unbranched alkanes of at least 4 members (excludes halogenated alkanes) is 3. The number of ether oxygens (including phenoxy) is 1. The first-order valence-electron chi connectivity index (χ1n) is 5.57. The summed E-state index contributed by atoms with van der Waals surface area (Å²) in [7, 11) is 0. The molecule has 1 fully saturated rings. The van der Waals surface area contributed by atoms with Crippen LogP contribution >= 0.6 is 0 Å². The fourth-order valence-corrected chi connectivity index (χ4v) is 1.01. The zero-order valence-corrected chi connectivity index (χ0v) is 9.22. The molecule has 0 radical (unpaired) electrons. The Kier molecular flexibility index (Phi) is 9.56. The van der Waals surface area contributed by atoms with Crippen molar-refractivity contribution in [3.63, 3.8) is 0 Å². The summed E-state index contributed by atoms with van der Waals surface area (Å²) >= 11 is 0. The third-order valence-corrected chi connectivity index (χ3v) is 2.04. The highest BCUT2D eigenvalue weighted by molar-refractivity contribution is 4.67. The summed E-state index contributed by atoms with van der Waals surface area (Å²) in [5.41, 5.74) is 0. The Labute approximate surface area is 83.2 Å². The highest BCUT2D eigenvalue weighted by atomic mass is 16.6. The van der Waals surface area contributed by atoms with Gasteiger partial charge in [0.2, 0.25) is 0 Å². The SMILES string of the molecule is C=CCCCC.CCCCC1CO1. The molecule has 1 heteroatoms. The quantitative estimate of drug-likeness (QED) is 0.346. The smallest absolute Gasteiger partial charge is 0.0810 e. The van der Waals surface area contributed by atoms with Gasteiger partial charge in [0.25, 0.3) is 0 Å². The summed E-state index contributed by atoms with van der Waals surface area (Å²) in [6.45, 7) is 9.02. The van der Waals surface area contributed by atoms with Crippen LogP contribution in [0.5, 0.6) is 0 Å². The number of epoxide rings is 1. The van der Waals surface area contributed by atoms with Gasteiger partial charge in [0.1, 0.15) is 0 Å². The Morgan fingerprint density at radius 3 is 2.23 bits per heavy atom. The molecule has 0 saturated carbocycles. The maximum atomic E-state index is 5.01. The van der Waals surface area contributed by atoms with Gasteiger partial charge in [-0.15, -0.1) is 6.58 Å². The average molecular weight is 184 g/mol. The maximum absolute atomic E-state index is 5.01. The maximum Gasteiger partial charge on any atom is 0.0810 e. The highest BCUT2D eigenvalue weighted by Crippen LogP contribution is 2.15. The molecule has 1 rings (SSSR count). The van der Waals surface area contributed by atoms with Gasteiger partial charge >= 0.3 is 0 Å². The molecule has 1 aliphatic heterocycles. The van der Waals surface area contributed by atoms with Crippen molar-refractivity contribution in [1.82, 2.24) is 0 Å². The van der Waals surface area contributed by atoms with E-state index in [9.17, 15) is 0 Å². The van der Waals surface area contributed by atoms with Crippen molar-refractivity contribution >= 4 is 0 Å². The predicted octanol–water partition coefficient (Wildman–Crippen LogP) is 3.94. The summed E-state index contributed by atoms with van der Waals surface area (Å²) in [6.07, 6.45) is 10.3. The van der Waals surface area contributed by atoms with E-state index in [-0.39, 0.29) is 0 Å². The van der Waals surface area contributed by atoms with Gasteiger partial charge in [0, 0.05) is 0 Å². The molecule has 0 aromatic heterocycles. The zero-order valence-electron chi connectivity index (χ0n) is 9.22. The lowest BCUT2D eigenvalue weighted by Crippen LogP contribution is -1.81. The Morgan fingerprint density at radius 1 is 1.31 bits per heavy atom. The molecule has 78 valence electrons. The molecular weight excluding hydrogens is 160 g/mol. The molecule has 0 bridgehead atoms. The van der Waals surface area contributed by atoms with E-state index in [1.165, 1.54) is 38.5 Å². The molecule has 1 saturated heterocycles. The van der Waals surface area contributed by atoms with Crippen molar-refractivity contribution in [1.29, 1.82) is 0 Å². The van der Waals surface area contributed by atoms with Crippen LogP contribution in [-0.4, -0.2) is 12.7 Å². The van der Waals surface area contributed by atoms with Crippen molar-refractivity contribution in [2.75, 3.05) is 6.61 Å². The first kappa shape index (κ1) is 12.7. The van der Waals surface area contributed by atoms with Crippen LogP contribution in [0.2, 0.25) is 0 Å². The molecule has 1 heterocycles. The number of rotatable bonds is 6. The minimum Gasteiger partial charge on any atom is -0.373 e. The normalized spacial score (nSPS) is 18.8. The average Bonchev–Trinajstić information content (AvgIpc) is 2.96. The summed E-state index contributed by atoms with van der Waals surface area (Å²) in [4.78, 5) is 0. The van der Waals surface area contributed by atoms with E-state index in [2.05, 4.69) is 20.4 Å². The lowest BCUT2D eigenvalue weighted by atomic mass is 10.2. The fraction of sp³-hybridized carbons (Fsp3) is 0.833. The van der Waals surface area contributed by atoms with Crippen LogP contribution in [0, 0.1) is 0 Å². The monoisotopic (exact) mass is 184 g/mol. The second-order valence-electron chi connectivity index (χ2n) is 3.53. The summed E-state index contributed by atoms with van der Waals surface area (Å²) in [6, 6.07) is 0. The first-order valence-corrected chi connectivity index (χ1v) is 5.57. The molecule has 1 atom stereocenters. The minimum absolute atomic E-state index is 0.653. The van der Waals surface area contributed by atoms with E-state index < -0.39 is 0 Å². The fourth-order valence-electron chi connectivity index (χ4n) is 1.01.